The number of halogens is 1. The van der Waals surface area contributed by atoms with Crippen molar-refractivity contribution in [2.45, 2.75) is 88.8 Å². The first-order chi connectivity index (χ1) is 26.8. The number of benzene rings is 2. The number of carbonyl (C=O) groups excluding carboxylic acids is 2. The summed E-state index contributed by atoms with van der Waals surface area (Å²) in [6.07, 6.45) is 16.8. The number of amides is 2. The lowest BCUT2D eigenvalue weighted by Crippen LogP contribution is -2.55. The number of para-hydroxylation sites is 2. The molecule has 3 N–H and O–H groups in total. The number of β-amino-alcohol motifs (C(OH)–C–C–N with tert-alkyl or cyclic N) is 1. The Morgan fingerprint density at radius 1 is 0.618 bits per heavy atom. The van der Waals surface area contributed by atoms with E-state index in [1.165, 1.54) is 64.2 Å². The molecule has 9 fully saturated rings. The summed E-state index contributed by atoms with van der Waals surface area (Å²) >= 11 is 6.46. The van der Waals surface area contributed by atoms with E-state index in [4.69, 9.17) is 11.6 Å². The van der Waals surface area contributed by atoms with Gasteiger partial charge in [-0.2, -0.15) is 10.2 Å². The van der Waals surface area contributed by atoms with Gasteiger partial charge < -0.3 is 20.6 Å². The van der Waals surface area contributed by atoms with Gasteiger partial charge in [0, 0.05) is 25.2 Å². The topological polar surface area (TPSA) is 117 Å². The van der Waals surface area contributed by atoms with Crippen LogP contribution in [-0.2, 0) is 0 Å². The molecule has 2 aromatic heterocycles. The quantitative estimate of drug-likeness (QED) is 0.186. The van der Waals surface area contributed by atoms with Gasteiger partial charge in [0.25, 0.3) is 11.8 Å². The van der Waals surface area contributed by atoms with Crippen molar-refractivity contribution < 1.29 is 14.7 Å². The van der Waals surface area contributed by atoms with E-state index in [0.29, 0.717) is 58.6 Å². The van der Waals surface area contributed by atoms with E-state index in [2.05, 4.69) is 25.7 Å². The molecule has 55 heavy (non-hydrogen) atoms. The highest BCUT2D eigenvalue weighted by Gasteiger charge is 2.50. The summed E-state index contributed by atoms with van der Waals surface area (Å²) in [5.41, 5.74) is 2.89. The van der Waals surface area contributed by atoms with Crippen LogP contribution in [0, 0.1) is 47.3 Å². The largest absolute Gasteiger partial charge is 0.391 e. The summed E-state index contributed by atoms with van der Waals surface area (Å²) in [5, 5.41) is 26.2. The maximum absolute atomic E-state index is 13.5. The number of aromatic nitrogens is 4. The molecule has 2 amide bonds. The first kappa shape index (κ1) is 35.3. The minimum absolute atomic E-state index is 0.00829. The Kier molecular flexibility index (Phi) is 9.24. The lowest BCUT2D eigenvalue weighted by Gasteiger charge is -2.54. The van der Waals surface area contributed by atoms with Gasteiger partial charge in [0.05, 0.1) is 35.4 Å². The first-order valence-corrected chi connectivity index (χ1v) is 21.2. The Hall–Kier alpha value is -4.15. The molecule has 3 heterocycles. The number of nitrogens with one attached hydrogen (secondary N) is 2. The monoisotopic (exact) mass is 761 g/mol. The normalized spacial score (nSPS) is 33.7. The highest BCUT2D eigenvalue weighted by atomic mass is 35.5. The molecule has 8 bridgehead atoms. The van der Waals surface area contributed by atoms with E-state index >= 15 is 0 Å². The van der Waals surface area contributed by atoms with Gasteiger partial charge in [-0.15, -0.1) is 0 Å². The molecule has 1 aliphatic heterocycles. The van der Waals surface area contributed by atoms with Gasteiger partial charge in [0.15, 0.2) is 0 Å². The average molecular weight is 762 g/mol. The van der Waals surface area contributed by atoms with Gasteiger partial charge in [-0.05, 0) is 142 Å². The zero-order valence-electron chi connectivity index (χ0n) is 31.3. The third-order valence-corrected chi connectivity index (χ3v) is 14.8. The molecule has 0 spiro atoms. The Balaban J connectivity index is 0.000000138. The van der Waals surface area contributed by atoms with Crippen LogP contribution >= 0.6 is 11.6 Å². The summed E-state index contributed by atoms with van der Waals surface area (Å²) < 4.78 is 3.47. The maximum atomic E-state index is 13.5. The SMILES string of the molecule is O=C(NC1C2CC3CC(C2)CC1C3)c1cnn(-c2ccccc2)c1Cl.O=C(NC1C2CC3CC(C2)CC1C3)c1cnn(-c2ccccc2)c1N1CCC(O)C1. The molecular weight excluding hydrogens is 710 g/mol. The highest BCUT2D eigenvalue weighted by molar-refractivity contribution is 6.33. The van der Waals surface area contributed by atoms with Gasteiger partial charge in [-0.25, -0.2) is 9.36 Å². The third-order valence-electron chi connectivity index (χ3n) is 14.5. The van der Waals surface area contributed by atoms with E-state index in [1.54, 1.807) is 17.1 Å². The molecule has 10 nitrogen and oxygen atoms in total. The molecule has 2 aromatic carbocycles. The second-order valence-electron chi connectivity index (χ2n) is 18.0. The molecule has 11 heteroatoms. The molecule has 1 unspecified atom stereocenters. The summed E-state index contributed by atoms with van der Waals surface area (Å²) in [6, 6.07) is 20.2. The van der Waals surface area contributed by atoms with E-state index in [1.807, 2.05) is 65.3 Å². The van der Waals surface area contributed by atoms with Crippen molar-refractivity contribution in [3.05, 3.63) is 89.3 Å². The summed E-state index contributed by atoms with van der Waals surface area (Å²) in [5.74, 6) is 6.91. The molecule has 288 valence electrons. The minimum Gasteiger partial charge on any atom is -0.391 e. The van der Waals surface area contributed by atoms with Crippen LogP contribution in [0.15, 0.2) is 73.1 Å². The van der Waals surface area contributed by atoms with E-state index in [0.717, 1.165) is 53.8 Å². The molecule has 8 aliphatic carbocycles. The number of rotatable bonds is 7. The molecule has 9 aliphatic rings. The first-order valence-electron chi connectivity index (χ1n) is 20.8. The molecule has 4 aromatic rings. The van der Waals surface area contributed by atoms with Gasteiger partial charge in [-0.1, -0.05) is 48.0 Å². The van der Waals surface area contributed by atoms with E-state index in [-0.39, 0.29) is 17.9 Å². The Bertz CT molecular complexity index is 1970. The number of anilines is 1. The number of hydrogen-bond acceptors (Lipinski definition) is 6. The molecule has 0 radical (unpaired) electrons. The predicted octanol–water partition coefficient (Wildman–Crippen LogP) is 7.08. The fraction of sp³-hybridized carbons (Fsp3) is 0.545. The van der Waals surface area contributed by atoms with Gasteiger partial charge in [-0.3, -0.25) is 9.59 Å². The molecule has 13 rings (SSSR count). The Morgan fingerprint density at radius 3 is 1.53 bits per heavy atom. The van der Waals surface area contributed by atoms with Crippen molar-refractivity contribution in [2.75, 3.05) is 18.0 Å². The van der Waals surface area contributed by atoms with Gasteiger partial charge in [0.2, 0.25) is 0 Å². The van der Waals surface area contributed by atoms with Crippen molar-refractivity contribution in [1.29, 1.82) is 0 Å². The van der Waals surface area contributed by atoms with Crippen LogP contribution in [-0.4, -0.2) is 67.8 Å². The third kappa shape index (κ3) is 6.67. The van der Waals surface area contributed by atoms with Crippen LogP contribution in [0.1, 0.15) is 91.3 Å². The van der Waals surface area contributed by atoms with Crippen LogP contribution < -0.4 is 15.5 Å². The van der Waals surface area contributed by atoms with Gasteiger partial charge >= 0.3 is 0 Å². The molecular formula is C44H52ClN7O3. The summed E-state index contributed by atoms with van der Waals surface area (Å²) in [4.78, 5) is 28.4. The van der Waals surface area contributed by atoms with Crippen LogP contribution in [0.4, 0.5) is 5.82 Å². The van der Waals surface area contributed by atoms with Crippen LogP contribution in [0.3, 0.4) is 0 Å². The molecule has 1 saturated heterocycles. The van der Waals surface area contributed by atoms with Crippen molar-refractivity contribution in [3.8, 4) is 11.4 Å². The van der Waals surface area contributed by atoms with Crippen LogP contribution in [0.25, 0.3) is 11.4 Å². The Labute approximate surface area is 328 Å². The average Bonchev–Trinajstić information content (AvgIpc) is 3.93. The second kappa shape index (κ2) is 14.4. The number of hydrogen-bond donors (Lipinski definition) is 3. The zero-order chi connectivity index (χ0) is 37.2. The number of aliphatic hydroxyl groups excluding tert-OH is 1. The van der Waals surface area contributed by atoms with Crippen LogP contribution in [0.2, 0.25) is 5.15 Å². The van der Waals surface area contributed by atoms with E-state index in [9.17, 15) is 14.7 Å². The summed E-state index contributed by atoms with van der Waals surface area (Å²) in [7, 11) is 0. The van der Waals surface area contributed by atoms with Crippen molar-refractivity contribution in [1.82, 2.24) is 30.2 Å². The lowest BCUT2D eigenvalue weighted by atomic mass is 9.54. The highest BCUT2D eigenvalue weighted by Crippen LogP contribution is 2.55. The molecule has 1 atom stereocenters. The number of nitrogens with zero attached hydrogens (tertiary/aromatic N) is 5. The maximum Gasteiger partial charge on any atom is 0.256 e. The number of aliphatic hydroxyl groups is 1. The van der Waals surface area contributed by atoms with Crippen molar-refractivity contribution >= 4 is 29.2 Å². The minimum atomic E-state index is -0.357. The summed E-state index contributed by atoms with van der Waals surface area (Å²) in [6.45, 7) is 1.27. The number of carbonyl (C=O) groups is 2. The zero-order valence-corrected chi connectivity index (χ0v) is 32.1. The second-order valence-corrected chi connectivity index (χ2v) is 18.3. The standard InChI is InChI=1S/C24H30N4O2.C20H22ClN3O/c29-20-6-7-27(14-20)24-21(13-25-28(24)19-4-2-1-3-5-19)23(30)26-22-17-9-15-8-16(11-17)12-18(22)10-15;21-19-17(11-22-24(19)16-4-2-1-3-5-16)20(25)23-18-14-7-12-6-13(9-14)10-15(18)8-12/h1-5,13,15-18,20,22,29H,6-12,14H2,(H,26,30);1-5,11-15,18H,6-10H2,(H,23,25). The Morgan fingerprint density at radius 2 is 1.05 bits per heavy atom. The van der Waals surface area contributed by atoms with Crippen molar-refractivity contribution in [2.24, 2.45) is 47.3 Å². The predicted molar refractivity (Wildman–Crippen MR) is 212 cm³/mol. The fourth-order valence-corrected chi connectivity index (χ4v) is 12.8. The fourth-order valence-electron chi connectivity index (χ4n) is 12.5. The van der Waals surface area contributed by atoms with Gasteiger partial charge in [0.1, 0.15) is 16.5 Å². The lowest BCUT2D eigenvalue weighted by molar-refractivity contribution is -0.0119. The smallest absolute Gasteiger partial charge is 0.256 e. The molecule has 8 saturated carbocycles. The van der Waals surface area contributed by atoms with Crippen LogP contribution in [0.5, 0.6) is 0 Å². The van der Waals surface area contributed by atoms with E-state index < -0.39 is 0 Å². The van der Waals surface area contributed by atoms with Crippen molar-refractivity contribution in [3.63, 3.8) is 0 Å².